The van der Waals surface area contributed by atoms with Gasteiger partial charge in [0.15, 0.2) is 11.0 Å². The van der Waals surface area contributed by atoms with Crippen molar-refractivity contribution in [2.45, 2.75) is 46.5 Å². The normalized spacial score (nSPS) is 13.2. The number of alkyl halides is 2. The lowest BCUT2D eigenvalue weighted by molar-refractivity contribution is 0.252. The molecule has 0 saturated heterocycles. The van der Waals surface area contributed by atoms with E-state index in [9.17, 15) is 13.6 Å². The Kier molecular flexibility index (Phi) is 7.01. The van der Waals surface area contributed by atoms with Gasteiger partial charge < -0.3 is 0 Å². The quantitative estimate of drug-likeness (QED) is 0.110. The van der Waals surface area contributed by atoms with E-state index in [4.69, 9.17) is 15.0 Å². The van der Waals surface area contributed by atoms with Crippen molar-refractivity contribution in [3.8, 4) is 17.1 Å². The summed E-state index contributed by atoms with van der Waals surface area (Å²) in [6.07, 6.45) is 7.69. The minimum atomic E-state index is -2.53. The summed E-state index contributed by atoms with van der Waals surface area (Å²) < 4.78 is 27.4. The molecular weight excluding hydrogens is 581 g/mol. The molecule has 4 heterocycles. The van der Waals surface area contributed by atoms with E-state index in [0.717, 1.165) is 46.5 Å². The van der Waals surface area contributed by atoms with E-state index in [-0.39, 0.29) is 5.56 Å². The fraction of sp³-hybridized carbons (Fsp3) is 0.167. The second kappa shape index (κ2) is 11.0. The first-order valence-electron chi connectivity index (χ1n) is 13.0. The van der Waals surface area contributed by atoms with E-state index < -0.39 is 5.76 Å². The SMILES string of the molecule is O=c1c2ccccc2nc(Sc2nc(-c3cccnc3)nc3sc4c(c23)CCCC4)n1-c1ccc(SC(F)F)cc1. The maximum Gasteiger partial charge on any atom is 0.288 e. The highest BCUT2D eigenvalue weighted by molar-refractivity contribution is 7.99. The average Bonchev–Trinajstić information content (AvgIpc) is 3.37. The number of para-hydroxylation sites is 1. The number of aryl methyl sites for hydroxylation is 2. The molecule has 1 aliphatic rings. The predicted molar refractivity (Wildman–Crippen MR) is 161 cm³/mol. The summed E-state index contributed by atoms with van der Waals surface area (Å²) in [5.41, 5.74) is 2.96. The van der Waals surface area contributed by atoms with Gasteiger partial charge in [-0.3, -0.25) is 14.3 Å². The molecule has 0 aliphatic heterocycles. The van der Waals surface area contributed by atoms with Crippen LogP contribution < -0.4 is 5.56 Å². The second-order valence-corrected chi connectivity index (χ2v) is 12.6. The minimum Gasteiger partial charge on any atom is -0.268 e. The van der Waals surface area contributed by atoms with E-state index >= 15 is 0 Å². The van der Waals surface area contributed by atoms with Crippen LogP contribution >= 0.6 is 34.9 Å². The van der Waals surface area contributed by atoms with Crippen LogP contribution in [0.25, 0.3) is 38.2 Å². The van der Waals surface area contributed by atoms with Gasteiger partial charge in [0.2, 0.25) is 0 Å². The second-order valence-electron chi connectivity index (χ2n) is 9.51. The largest absolute Gasteiger partial charge is 0.288 e. The number of benzene rings is 2. The Balaban J connectivity index is 1.44. The van der Waals surface area contributed by atoms with Crippen LogP contribution in [0.5, 0.6) is 0 Å². The topological polar surface area (TPSA) is 73.6 Å². The summed E-state index contributed by atoms with van der Waals surface area (Å²) in [7, 11) is 0. The molecular formula is C30H21F2N5OS3. The van der Waals surface area contributed by atoms with Crippen LogP contribution in [0.1, 0.15) is 23.3 Å². The number of rotatable bonds is 6. The Morgan fingerprint density at radius 3 is 2.56 bits per heavy atom. The number of halogens is 2. The third-order valence-corrected chi connectivity index (χ3v) is 9.81. The summed E-state index contributed by atoms with van der Waals surface area (Å²) >= 11 is 3.51. The molecule has 6 nitrogen and oxygen atoms in total. The molecule has 0 spiro atoms. The highest BCUT2D eigenvalue weighted by Crippen LogP contribution is 2.42. The molecule has 11 heteroatoms. The van der Waals surface area contributed by atoms with E-state index in [1.165, 1.54) is 22.2 Å². The Morgan fingerprint density at radius 1 is 0.927 bits per heavy atom. The van der Waals surface area contributed by atoms with Crippen LogP contribution in [0.15, 0.2) is 92.9 Å². The molecule has 0 unspecified atom stereocenters. The van der Waals surface area contributed by atoms with Crippen LogP contribution in [0.4, 0.5) is 8.78 Å². The van der Waals surface area contributed by atoms with Gasteiger partial charge in [-0.05, 0) is 91.5 Å². The molecule has 2 aromatic carbocycles. The Hall–Kier alpha value is -3.67. The zero-order valence-corrected chi connectivity index (χ0v) is 23.9. The van der Waals surface area contributed by atoms with Crippen LogP contribution in [-0.4, -0.2) is 30.3 Å². The summed E-state index contributed by atoms with van der Waals surface area (Å²) in [6.45, 7) is 0. The van der Waals surface area contributed by atoms with Gasteiger partial charge >= 0.3 is 0 Å². The first-order chi connectivity index (χ1) is 20.0. The van der Waals surface area contributed by atoms with Crippen molar-refractivity contribution in [2.75, 3.05) is 0 Å². The molecule has 0 fully saturated rings. The van der Waals surface area contributed by atoms with Crippen molar-refractivity contribution in [3.63, 3.8) is 0 Å². The number of fused-ring (bicyclic) bond motifs is 4. The maximum atomic E-state index is 13.9. The summed E-state index contributed by atoms with van der Waals surface area (Å²) in [5.74, 6) is -1.96. The summed E-state index contributed by atoms with van der Waals surface area (Å²) in [4.78, 5) is 35.7. The minimum absolute atomic E-state index is 0.238. The average molecular weight is 602 g/mol. The standard InChI is InChI=1S/C30H21F2N5OS3/c31-29(32)39-19-13-11-18(12-14-19)37-28(38)20-7-1-3-9-22(20)34-30(37)41-27-24-21-8-2-4-10-23(21)40-26(24)35-25(36-27)17-6-5-15-33-16-17/h1,3,5-7,9,11-16,29H,2,4,8,10H2. The van der Waals surface area contributed by atoms with Crippen LogP contribution in [-0.2, 0) is 12.8 Å². The van der Waals surface area contributed by atoms with Gasteiger partial charge in [0.05, 0.1) is 16.6 Å². The Bertz CT molecular complexity index is 1960. The van der Waals surface area contributed by atoms with Gasteiger partial charge in [-0.1, -0.05) is 23.9 Å². The van der Waals surface area contributed by atoms with E-state index in [0.29, 0.717) is 44.2 Å². The third kappa shape index (κ3) is 5.02. The molecule has 0 saturated carbocycles. The molecule has 41 heavy (non-hydrogen) atoms. The van der Waals surface area contributed by atoms with Gasteiger partial charge in [0, 0.05) is 33.1 Å². The summed E-state index contributed by atoms with van der Waals surface area (Å²) in [6, 6.07) is 17.5. The number of thiophene rings is 1. The van der Waals surface area contributed by atoms with Crippen molar-refractivity contribution < 1.29 is 8.78 Å². The van der Waals surface area contributed by atoms with Gasteiger partial charge in [-0.25, -0.2) is 15.0 Å². The van der Waals surface area contributed by atoms with E-state index in [1.54, 1.807) is 64.7 Å². The number of hydrogen-bond donors (Lipinski definition) is 0. The molecule has 0 amide bonds. The zero-order chi connectivity index (χ0) is 27.9. The highest BCUT2D eigenvalue weighted by Gasteiger charge is 2.24. The molecule has 0 radical (unpaired) electrons. The summed E-state index contributed by atoms with van der Waals surface area (Å²) in [5, 5.41) is 2.66. The lowest BCUT2D eigenvalue weighted by Gasteiger charge is -2.15. The maximum absolute atomic E-state index is 13.9. The van der Waals surface area contributed by atoms with Crippen molar-refractivity contribution in [1.29, 1.82) is 0 Å². The molecule has 4 aromatic heterocycles. The Labute approximate surface area is 245 Å². The number of hydrogen-bond acceptors (Lipinski definition) is 8. The fourth-order valence-corrected chi connectivity index (χ4v) is 7.97. The van der Waals surface area contributed by atoms with Crippen molar-refractivity contribution >= 4 is 56.0 Å². The lowest BCUT2D eigenvalue weighted by atomic mass is 9.97. The third-order valence-electron chi connectivity index (χ3n) is 6.95. The van der Waals surface area contributed by atoms with Gasteiger partial charge in [-0.15, -0.1) is 11.3 Å². The first-order valence-corrected chi connectivity index (χ1v) is 15.5. The van der Waals surface area contributed by atoms with Crippen LogP contribution in [0.2, 0.25) is 0 Å². The molecule has 0 atom stereocenters. The number of pyridine rings is 1. The predicted octanol–water partition coefficient (Wildman–Crippen LogP) is 7.80. The van der Waals surface area contributed by atoms with Gasteiger partial charge in [-0.2, -0.15) is 8.78 Å². The van der Waals surface area contributed by atoms with E-state index in [1.807, 2.05) is 24.3 Å². The van der Waals surface area contributed by atoms with Gasteiger partial charge in [0.1, 0.15) is 9.86 Å². The number of thioether (sulfide) groups is 1. The lowest BCUT2D eigenvalue weighted by Crippen LogP contribution is -2.21. The molecule has 0 bridgehead atoms. The molecule has 0 N–H and O–H groups in total. The van der Waals surface area contributed by atoms with Crippen molar-refractivity contribution in [1.82, 2.24) is 24.5 Å². The molecule has 7 rings (SSSR count). The van der Waals surface area contributed by atoms with Crippen LogP contribution in [0, 0.1) is 0 Å². The van der Waals surface area contributed by atoms with Gasteiger partial charge in [0.25, 0.3) is 11.3 Å². The highest BCUT2D eigenvalue weighted by atomic mass is 32.2. The molecule has 6 aromatic rings. The first kappa shape index (κ1) is 26.2. The number of nitrogens with zero attached hydrogens (tertiary/aromatic N) is 5. The zero-order valence-electron chi connectivity index (χ0n) is 21.5. The molecule has 204 valence electrons. The van der Waals surface area contributed by atoms with Crippen molar-refractivity contribution in [2.24, 2.45) is 0 Å². The Morgan fingerprint density at radius 2 is 1.76 bits per heavy atom. The monoisotopic (exact) mass is 601 g/mol. The fourth-order valence-electron chi connectivity index (χ4n) is 5.09. The van der Waals surface area contributed by atoms with E-state index in [2.05, 4.69) is 4.98 Å². The smallest absolute Gasteiger partial charge is 0.268 e. The van der Waals surface area contributed by atoms with Crippen molar-refractivity contribution in [3.05, 3.63) is 93.9 Å². The molecule has 1 aliphatic carbocycles. The van der Waals surface area contributed by atoms with Crippen LogP contribution in [0.3, 0.4) is 0 Å². The number of aromatic nitrogens is 5.